The molecule has 1 saturated heterocycles. The normalized spacial score (nSPS) is 22.7. The quantitative estimate of drug-likeness (QED) is 0.816. The molecule has 1 unspecified atom stereocenters. The zero-order chi connectivity index (χ0) is 12.8. The van der Waals surface area contributed by atoms with E-state index in [9.17, 15) is 0 Å². The van der Waals surface area contributed by atoms with Gasteiger partial charge >= 0.3 is 0 Å². The van der Waals surface area contributed by atoms with Gasteiger partial charge in [-0.05, 0) is 12.6 Å². The van der Waals surface area contributed by atoms with Crippen molar-refractivity contribution in [3.8, 4) is 0 Å². The highest BCUT2D eigenvalue weighted by atomic mass is 15.3. The van der Waals surface area contributed by atoms with E-state index in [2.05, 4.69) is 53.3 Å². The van der Waals surface area contributed by atoms with Crippen LogP contribution in [0, 0.1) is 0 Å². The van der Waals surface area contributed by atoms with Gasteiger partial charge in [0.1, 0.15) is 0 Å². The number of rotatable bonds is 4. The van der Waals surface area contributed by atoms with Crippen LogP contribution in [-0.2, 0) is 0 Å². The molecule has 0 amide bonds. The van der Waals surface area contributed by atoms with Crippen LogP contribution in [0.5, 0.6) is 0 Å². The predicted octanol–water partition coefficient (Wildman–Crippen LogP) is 1.49. The van der Waals surface area contributed by atoms with Gasteiger partial charge in [0, 0.05) is 38.8 Å². The number of likely N-dealkylation sites (N-methyl/N-ethyl adjacent to an activating group) is 1. The Kier molecular flexibility index (Phi) is 4.93. The van der Waals surface area contributed by atoms with E-state index in [1.165, 1.54) is 5.56 Å². The van der Waals surface area contributed by atoms with E-state index in [1.807, 2.05) is 6.08 Å². The third kappa shape index (κ3) is 3.42. The Balaban J connectivity index is 2.09. The maximum absolute atomic E-state index is 5.50. The standard InChI is InChI=1S/C15H23N3/c1-17-11-12-18(10-6-5-9-16)15(13-17)14-7-3-2-4-8-14/h2-8,15H,9-13,16H2,1H3. The summed E-state index contributed by atoms with van der Waals surface area (Å²) < 4.78 is 0. The van der Waals surface area contributed by atoms with Crippen molar-refractivity contribution < 1.29 is 0 Å². The number of nitrogens with two attached hydrogens (primary N) is 1. The molecule has 0 aromatic heterocycles. The van der Waals surface area contributed by atoms with Gasteiger partial charge in [-0.2, -0.15) is 0 Å². The van der Waals surface area contributed by atoms with Crippen LogP contribution in [0.25, 0.3) is 0 Å². The molecule has 0 saturated carbocycles. The summed E-state index contributed by atoms with van der Waals surface area (Å²) in [4.78, 5) is 4.93. The first-order valence-electron chi connectivity index (χ1n) is 6.64. The van der Waals surface area contributed by atoms with Crippen LogP contribution >= 0.6 is 0 Å². The predicted molar refractivity (Wildman–Crippen MR) is 76.4 cm³/mol. The number of piperazine rings is 1. The van der Waals surface area contributed by atoms with Crippen molar-refractivity contribution in [1.29, 1.82) is 0 Å². The summed E-state index contributed by atoms with van der Waals surface area (Å²) in [5.74, 6) is 0. The molecule has 98 valence electrons. The molecule has 0 bridgehead atoms. The number of hydrogen-bond donors (Lipinski definition) is 1. The highest BCUT2D eigenvalue weighted by molar-refractivity contribution is 5.20. The summed E-state index contributed by atoms with van der Waals surface area (Å²) in [5.41, 5.74) is 6.91. The van der Waals surface area contributed by atoms with Crippen molar-refractivity contribution in [1.82, 2.24) is 9.80 Å². The van der Waals surface area contributed by atoms with Crippen molar-refractivity contribution in [3.05, 3.63) is 48.0 Å². The van der Waals surface area contributed by atoms with Gasteiger partial charge in [-0.15, -0.1) is 0 Å². The van der Waals surface area contributed by atoms with E-state index in [4.69, 9.17) is 5.73 Å². The average Bonchev–Trinajstić information content (AvgIpc) is 2.41. The van der Waals surface area contributed by atoms with Crippen LogP contribution in [0.4, 0.5) is 0 Å². The van der Waals surface area contributed by atoms with Gasteiger partial charge in [-0.3, -0.25) is 4.90 Å². The molecule has 1 aliphatic rings. The van der Waals surface area contributed by atoms with Crippen LogP contribution in [0.1, 0.15) is 11.6 Å². The van der Waals surface area contributed by atoms with Gasteiger partial charge in [-0.1, -0.05) is 42.5 Å². The van der Waals surface area contributed by atoms with E-state index >= 15 is 0 Å². The largest absolute Gasteiger partial charge is 0.327 e. The second kappa shape index (κ2) is 6.69. The van der Waals surface area contributed by atoms with E-state index in [0.29, 0.717) is 12.6 Å². The molecule has 1 aromatic rings. The molecule has 1 heterocycles. The van der Waals surface area contributed by atoms with Crippen LogP contribution < -0.4 is 5.73 Å². The minimum absolute atomic E-state index is 0.493. The lowest BCUT2D eigenvalue weighted by Crippen LogP contribution is -2.46. The SMILES string of the molecule is CN1CCN(CC=CCN)C(c2ccccc2)C1. The van der Waals surface area contributed by atoms with Crippen LogP contribution in [0.2, 0.25) is 0 Å². The van der Waals surface area contributed by atoms with E-state index in [1.54, 1.807) is 0 Å². The van der Waals surface area contributed by atoms with Crippen molar-refractivity contribution in [2.75, 3.05) is 39.8 Å². The first kappa shape index (κ1) is 13.3. The Labute approximate surface area is 110 Å². The third-order valence-corrected chi connectivity index (χ3v) is 3.52. The Hall–Kier alpha value is -1.16. The van der Waals surface area contributed by atoms with Crippen LogP contribution in [0.3, 0.4) is 0 Å². The topological polar surface area (TPSA) is 32.5 Å². The molecule has 0 aliphatic carbocycles. The molecule has 1 atom stereocenters. The Morgan fingerprint density at radius 3 is 2.72 bits per heavy atom. The van der Waals surface area contributed by atoms with E-state index in [0.717, 1.165) is 26.2 Å². The monoisotopic (exact) mass is 245 g/mol. The molecule has 1 aromatic carbocycles. The molecule has 2 N–H and O–H groups in total. The zero-order valence-electron chi connectivity index (χ0n) is 11.1. The second-order valence-electron chi connectivity index (χ2n) is 4.89. The van der Waals surface area contributed by atoms with Gasteiger partial charge in [0.15, 0.2) is 0 Å². The smallest absolute Gasteiger partial charge is 0.0478 e. The average molecular weight is 245 g/mol. The zero-order valence-corrected chi connectivity index (χ0v) is 11.1. The molecular formula is C15H23N3. The molecule has 0 radical (unpaired) electrons. The van der Waals surface area contributed by atoms with Crippen LogP contribution in [-0.4, -0.2) is 49.6 Å². The molecular weight excluding hydrogens is 222 g/mol. The van der Waals surface area contributed by atoms with Gasteiger partial charge in [-0.25, -0.2) is 0 Å². The summed E-state index contributed by atoms with van der Waals surface area (Å²) in [6.07, 6.45) is 4.22. The van der Waals surface area contributed by atoms with Crippen molar-refractivity contribution in [2.45, 2.75) is 6.04 Å². The Morgan fingerprint density at radius 1 is 1.22 bits per heavy atom. The first-order chi connectivity index (χ1) is 8.81. The van der Waals surface area contributed by atoms with Gasteiger partial charge in [0.2, 0.25) is 0 Å². The molecule has 2 rings (SSSR count). The third-order valence-electron chi connectivity index (χ3n) is 3.52. The lowest BCUT2D eigenvalue weighted by atomic mass is 10.0. The minimum Gasteiger partial charge on any atom is -0.327 e. The maximum atomic E-state index is 5.50. The van der Waals surface area contributed by atoms with Gasteiger partial charge < -0.3 is 10.6 Å². The molecule has 3 nitrogen and oxygen atoms in total. The number of benzene rings is 1. The molecule has 3 heteroatoms. The fourth-order valence-electron chi connectivity index (χ4n) is 2.47. The van der Waals surface area contributed by atoms with Crippen molar-refractivity contribution in [2.24, 2.45) is 5.73 Å². The van der Waals surface area contributed by atoms with Crippen LogP contribution in [0.15, 0.2) is 42.5 Å². The summed E-state index contributed by atoms with van der Waals surface area (Å²) in [6.45, 7) is 4.97. The maximum Gasteiger partial charge on any atom is 0.0478 e. The summed E-state index contributed by atoms with van der Waals surface area (Å²) in [6, 6.07) is 11.3. The van der Waals surface area contributed by atoms with Gasteiger partial charge in [0.05, 0.1) is 0 Å². The summed E-state index contributed by atoms with van der Waals surface area (Å²) in [7, 11) is 2.20. The molecule has 1 fully saturated rings. The number of nitrogens with zero attached hydrogens (tertiary/aromatic N) is 2. The molecule has 0 spiro atoms. The lowest BCUT2D eigenvalue weighted by Gasteiger charge is -2.39. The van der Waals surface area contributed by atoms with Gasteiger partial charge in [0.25, 0.3) is 0 Å². The Bertz CT molecular complexity index is 375. The highest BCUT2D eigenvalue weighted by Gasteiger charge is 2.25. The van der Waals surface area contributed by atoms with Crippen molar-refractivity contribution >= 4 is 0 Å². The second-order valence-corrected chi connectivity index (χ2v) is 4.89. The summed E-state index contributed by atoms with van der Waals surface area (Å²) in [5, 5.41) is 0. The van der Waals surface area contributed by atoms with E-state index in [-0.39, 0.29) is 0 Å². The molecule has 18 heavy (non-hydrogen) atoms. The fraction of sp³-hybridized carbons (Fsp3) is 0.467. The minimum atomic E-state index is 0.493. The van der Waals surface area contributed by atoms with Crippen molar-refractivity contribution in [3.63, 3.8) is 0 Å². The first-order valence-corrected chi connectivity index (χ1v) is 6.64. The van der Waals surface area contributed by atoms with E-state index < -0.39 is 0 Å². The lowest BCUT2D eigenvalue weighted by molar-refractivity contribution is 0.101. The molecule has 1 aliphatic heterocycles. The highest BCUT2D eigenvalue weighted by Crippen LogP contribution is 2.24. The Morgan fingerprint density at radius 2 is 2.00 bits per heavy atom. The fourth-order valence-corrected chi connectivity index (χ4v) is 2.47. The summed E-state index contributed by atoms with van der Waals surface area (Å²) >= 11 is 0. The number of hydrogen-bond acceptors (Lipinski definition) is 3.